The number of aryl methyl sites for hydroxylation is 1. The third-order valence-corrected chi connectivity index (χ3v) is 6.53. The van der Waals surface area contributed by atoms with E-state index in [0.717, 1.165) is 0 Å². The molecule has 1 N–H and O–H groups in total. The van der Waals surface area contributed by atoms with Gasteiger partial charge in [-0.15, -0.1) is 11.3 Å². The fourth-order valence-corrected chi connectivity index (χ4v) is 4.79. The number of ether oxygens (including phenoxy) is 3. The lowest BCUT2D eigenvalue weighted by Gasteiger charge is -2.19. The molecule has 1 aromatic carbocycles. The molecule has 3 heterocycles. The molecular formula is C22H23FN4O5S. The Bertz CT molecular complexity index is 1200. The summed E-state index contributed by atoms with van der Waals surface area (Å²) in [5, 5.41) is 3.87. The molecule has 1 amide bonds. The molecule has 1 saturated heterocycles. The molecule has 3 aromatic rings. The lowest BCUT2D eigenvalue weighted by atomic mass is 10.2. The maximum absolute atomic E-state index is 14.0. The number of amides is 1. The minimum absolute atomic E-state index is 0.0107. The number of halogens is 1. The van der Waals surface area contributed by atoms with Crippen LogP contribution in [0.15, 0.2) is 24.5 Å². The summed E-state index contributed by atoms with van der Waals surface area (Å²) in [7, 11) is 2.80. The molecule has 11 heteroatoms. The highest BCUT2D eigenvalue weighted by Crippen LogP contribution is 2.37. The van der Waals surface area contributed by atoms with Crippen molar-refractivity contribution in [2.75, 3.05) is 39.2 Å². The van der Waals surface area contributed by atoms with Crippen molar-refractivity contribution in [3.8, 4) is 5.75 Å². The first-order valence-corrected chi connectivity index (χ1v) is 11.0. The van der Waals surface area contributed by atoms with Gasteiger partial charge in [-0.1, -0.05) is 0 Å². The van der Waals surface area contributed by atoms with E-state index in [9.17, 15) is 14.0 Å². The first-order valence-electron chi connectivity index (χ1n) is 10.2. The van der Waals surface area contributed by atoms with E-state index in [2.05, 4.69) is 15.3 Å². The number of carbonyl (C=O) groups excluding carboxylic acids is 2. The molecule has 4 rings (SSSR count). The zero-order valence-corrected chi connectivity index (χ0v) is 19.2. The van der Waals surface area contributed by atoms with Crippen molar-refractivity contribution in [1.29, 1.82) is 0 Å². The zero-order chi connectivity index (χ0) is 23.5. The number of fused-ring (bicyclic) bond motifs is 1. The normalized spacial score (nSPS) is 15.6. The quantitative estimate of drug-likeness (QED) is 0.521. The van der Waals surface area contributed by atoms with Gasteiger partial charge in [-0.05, 0) is 24.6 Å². The van der Waals surface area contributed by atoms with Crippen LogP contribution in [0, 0.1) is 12.7 Å². The van der Waals surface area contributed by atoms with Crippen LogP contribution in [0.1, 0.15) is 21.7 Å². The van der Waals surface area contributed by atoms with E-state index in [-0.39, 0.29) is 18.6 Å². The number of thiophene rings is 1. The Morgan fingerprint density at radius 2 is 2.12 bits per heavy atom. The Labute approximate surface area is 193 Å². The number of nitrogens with one attached hydrogen (secondary N) is 1. The molecule has 1 atom stereocenters. The Kier molecular flexibility index (Phi) is 6.70. The molecule has 0 spiro atoms. The van der Waals surface area contributed by atoms with Gasteiger partial charge in [0.2, 0.25) is 5.91 Å². The molecule has 1 unspecified atom stereocenters. The van der Waals surface area contributed by atoms with Crippen LogP contribution in [0.3, 0.4) is 0 Å². The number of methoxy groups -OCH3 is 2. The van der Waals surface area contributed by atoms with Crippen LogP contribution in [0.4, 0.5) is 15.9 Å². The molecule has 0 radical (unpaired) electrons. The van der Waals surface area contributed by atoms with Crippen molar-refractivity contribution >= 4 is 44.9 Å². The predicted octanol–water partition coefficient (Wildman–Crippen LogP) is 3.30. The number of nitrogens with zero attached hydrogens (tertiary/aromatic N) is 3. The number of likely N-dealkylation sites (tertiary alicyclic amines) is 1. The summed E-state index contributed by atoms with van der Waals surface area (Å²) in [6.07, 6.45) is 1.73. The van der Waals surface area contributed by atoms with Crippen LogP contribution < -0.4 is 10.1 Å². The van der Waals surface area contributed by atoms with Gasteiger partial charge in [0, 0.05) is 26.1 Å². The van der Waals surface area contributed by atoms with Crippen LogP contribution in [0.25, 0.3) is 10.2 Å². The Morgan fingerprint density at radius 1 is 1.30 bits per heavy atom. The number of carbonyl (C=O) groups is 2. The summed E-state index contributed by atoms with van der Waals surface area (Å²) in [4.78, 5) is 35.5. The number of esters is 1. The SMILES string of the molecule is COCC(=O)N1CCC(Oc2cc(F)ccc2Nc2ncnc3sc(C(=O)OC)c(C)c23)C1. The fraction of sp³-hybridized carbons (Fsp3) is 0.364. The van der Waals surface area contributed by atoms with Crippen LogP contribution in [-0.4, -0.2) is 66.8 Å². The largest absolute Gasteiger partial charge is 0.486 e. The van der Waals surface area contributed by atoms with E-state index in [0.29, 0.717) is 57.4 Å². The number of hydrogen-bond donors (Lipinski definition) is 1. The minimum Gasteiger partial charge on any atom is -0.486 e. The summed E-state index contributed by atoms with van der Waals surface area (Å²) in [5.74, 6) is -0.245. The molecule has 1 aliphatic rings. The molecule has 0 aliphatic carbocycles. The van der Waals surface area contributed by atoms with Crippen molar-refractivity contribution in [2.24, 2.45) is 0 Å². The third kappa shape index (κ3) is 4.74. The van der Waals surface area contributed by atoms with Crippen LogP contribution in [-0.2, 0) is 14.3 Å². The average Bonchev–Trinajstić information content (AvgIpc) is 3.40. The van der Waals surface area contributed by atoms with E-state index in [1.165, 1.54) is 44.0 Å². The molecule has 1 fully saturated rings. The molecule has 174 valence electrons. The van der Waals surface area contributed by atoms with Crippen molar-refractivity contribution in [3.05, 3.63) is 40.8 Å². The van der Waals surface area contributed by atoms with E-state index in [1.807, 2.05) is 0 Å². The average molecular weight is 475 g/mol. The number of anilines is 2. The summed E-state index contributed by atoms with van der Waals surface area (Å²) in [5.41, 5.74) is 1.20. The van der Waals surface area contributed by atoms with Crippen LogP contribution >= 0.6 is 11.3 Å². The van der Waals surface area contributed by atoms with Gasteiger partial charge in [0.25, 0.3) is 0 Å². The van der Waals surface area contributed by atoms with Gasteiger partial charge in [0.05, 0.1) is 24.7 Å². The lowest BCUT2D eigenvalue weighted by molar-refractivity contribution is -0.134. The second-order valence-electron chi connectivity index (χ2n) is 7.52. The van der Waals surface area contributed by atoms with E-state index in [4.69, 9.17) is 14.2 Å². The summed E-state index contributed by atoms with van der Waals surface area (Å²) < 4.78 is 29.9. The van der Waals surface area contributed by atoms with E-state index >= 15 is 0 Å². The molecule has 0 bridgehead atoms. The fourth-order valence-electron chi connectivity index (χ4n) is 3.72. The standard InChI is InChI=1S/C22H23FN4O5S/c1-12-18-20(24-11-25-21(18)33-19(12)22(29)31-3)26-15-5-4-13(23)8-16(15)32-14-6-7-27(9-14)17(28)10-30-2/h4-5,8,11,14H,6-7,9-10H2,1-3H3,(H,24,25,26). The van der Waals surface area contributed by atoms with Crippen molar-refractivity contribution in [3.63, 3.8) is 0 Å². The minimum atomic E-state index is -0.451. The van der Waals surface area contributed by atoms with Gasteiger partial charge in [0.15, 0.2) is 0 Å². The first kappa shape index (κ1) is 22.9. The van der Waals surface area contributed by atoms with E-state index < -0.39 is 11.8 Å². The van der Waals surface area contributed by atoms with Crippen molar-refractivity contribution in [2.45, 2.75) is 19.4 Å². The van der Waals surface area contributed by atoms with Gasteiger partial charge in [-0.3, -0.25) is 4.79 Å². The smallest absolute Gasteiger partial charge is 0.348 e. The Hall–Kier alpha value is -3.31. The summed E-state index contributed by atoms with van der Waals surface area (Å²) >= 11 is 1.22. The molecule has 1 aliphatic heterocycles. The van der Waals surface area contributed by atoms with Gasteiger partial charge in [0.1, 0.15) is 46.1 Å². The molecule has 33 heavy (non-hydrogen) atoms. The number of rotatable bonds is 7. The zero-order valence-electron chi connectivity index (χ0n) is 18.4. The van der Waals surface area contributed by atoms with Crippen LogP contribution in [0.2, 0.25) is 0 Å². The monoisotopic (exact) mass is 474 g/mol. The Morgan fingerprint density at radius 3 is 2.88 bits per heavy atom. The molecule has 0 saturated carbocycles. The first-order chi connectivity index (χ1) is 15.9. The second kappa shape index (κ2) is 9.67. The van der Waals surface area contributed by atoms with Crippen molar-refractivity contribution < 1.29 is 28.2 Å². The summed E-state index contributed by atoms with van der Waals surface area (Å²) in [6.45, 7) is 2.74. The summed E-state index contributed by atoms with van der Waals surface area (Å²) in [6, 6.07) is 4.17. The number of benzene rings is 1. The number of aromatic nitrogens is 2. The second-order valence-corrected chi connectivity index (χ2v) is 8.52. The third-order valence-electron chi connectivity index (χ3n) is 5.35. The molecule has 9 nitrogen and oxygen atoms in total. The predicted molar refractivity (Wildman–Crippen MR) is 121 cm³/mol. The molecular weight excluding hydrogens is 451 g/mol. The maximum atomic E-state index is 14.0. The highest BCUT2D eigenvalue weighted by Gasteiger charge is 2.28. The van der Waals surface area contributed by atoms with Crippen molar-refractivity contribution in [1.82, 2.24) is 14.9 Å². The lowest BCUT2D eigenvalue weighted by Crippen LogP contribution is -2.33. The highest BCUT2D eigenvalue weighted by atomic mass is 32.1. The van der Waals surface area contributed by atoms with Crippen LogP contribution in [0.5, 0.6) is 5.75 Å². The highest BCUT2D eigenvalue weighted by molar-refractivity contribution is 7.20. The number of hydrogen-bond acceptors (Lipinski definition) is 9. The van der Waals surface area contributed by atoms with E-state index in [1.54, 1.807) is 17.9 Å². The van der Waals surface area contributed by atoms with Gasteiger partial charge in [-0.2, -0.15) is 0 Å². The van der Waals surface area contributed by atoms with Gasteiger partial charge < -0.3 is 24.4 Å². The molecule has 2 aromatic heterocycles. The van der Waals surface area contributed by atoms with Gasteiger partial charge >= 0.3 is 5.97 Å². The maximum Gasteiger partial charge on any atom is 0.348 e. The van der Waals surface area contributed by atoms with Gasteiger partial charge in [-0.25, -0.2) is 19.2 Å². The Balaban J connectivity index is 1.60. The topological polar surface area (TPSA) is 103 Å².